The van der Waals surface area contributed by atoms with Crippen molar-refractivity contribution in [3.63, 3.8) is 0 Å². The van der Waals surface area contributed by atoms with Crippen LogP contribution < -0.4 is 10.6 Å². The lowest BCUT2D eigenvalue weighted by Crippen LogP contribution is -2.47. The Labute approximate surface area is 177 Å². The van der Waals surface area contributed by atoms with E-state index in [2.05, 4.69) is 32.3 Å². The summed E-state index contributed by atoms with van der Waals surface area (Å²) in [5.74, 6) is 1.49. The number of hydrogen-bond donors (Lipinski definition) is 2. The largest absolute Gasteiger partial charge is 0.416 e. The Balaban J connectivity index is 1.42. The van der Waals surface area contributed by atoms with Gasteiger partial charge >= 0.3 is 6.18 Å². The number of alkyl halides is 3. The molecule has 0 amide bonds. The van der Waals surface area contributed by atoms with Crippen molar-refractivity contribution < 1.29 is 13.2 Å². The van der Waals surface area contributed by atoms with Gasteiger partial charge in [-0.05, 0) is 56.0 Å². The molecule has 0 saturated carbocycles. The van der Waals surface area contributed by atoms with E-state index in [1.54, 1.807) is 19.2 Å². The van der Waals surface area contributed by atoms with E-state index in [0.29, 0.717) is 18.5 Å². The van der Waals surface area contributed by atoms with Gasteiger partial charge in [0.25, 0.3) is 0 Å². The Morgan fingerprint density at radius 1 is 1.10 bits per heavy atom. The monoisotopic (exact) mass is 425 g/mol. The van der Waals surface area contributed by atoms with Crippen molar-refractivity contribution in [1.82, 2.24) is 20.4 Å². The molecule has 0 aromatic heterocycles. The molecule has 2 atom stereocenters. The van der Waals surface area contributed by atoms with E-state index < -0.39 is 11.7 Å². The number of nitrogens with one attached hydrogen (secondary N) is 2. The predicted octanol–water partition coefficient (Wildman–Crippen LogP) is 3.18. The summed E-state index contributed by atoms with van der Waals surface area (Å²) in [6.45, 7) is 9.04. The van der Waals surface area contributed by atoms with Gasteiger partial charge in [0.05, 0.1) is 5.56 Å². The average Bonchev–Trinajstić information content (AvgIpc) is 3.17. The van der Waals surface area contributed by atoms with Gasteiger partial charge in [0.15, 0.2) is 5.96 Å². The molecule has 0 bridgehead atoms. The van der Waals surface area contributed by atoms with Crippen molar-refractivity contribution in [2.75, 3.05) is 46.3 Å². The molecule has 2 saturated heterocycles. The van der Waals surface area contributed by atoms with Gasteiger partial charge in [0, 0.05) is 45.8 Å². The smallest absolute Gasteiger partial charge is 0.356 e. The minimum absolute atomic E-state index is 0.296. The summed E-state index contributed by atoms with van der Waals surface area (Å²) in [6.07, 6.45) is -0.774. The lowest BCUT2D eigenvalue weighted by atomic mass is 9.98. The summed E-state index contributed by atoms with van der Waals surface area (Å²) in [7, 11) is 1.80. The molecule has 3 rings (SSSR count). The molecule has 2 heterocycles. The van der Waals surface area contributed by atoms with Gasteiger partial charge in [-0.1, -0.05) is 19.1 Å². The topological polar surface area (TPSA) is 42.9 Å². The lowest BCUT2D eigenvalue weighted by Gasteiger charge is -2.32. The second-order valence-corrected chi connectivity index (χ2v) is 8.41. The summed E-state index contributed by atoms with van der Waals surface area (Å²) >= 11 is 0. The predicted molar refractivity (Wildman–Crippen MR) is 114 cm³/mol. The molecule has 2 aliphatic rings. The summed E-state index contributed by atoms with van der Waals surface area (Å²) in [6, 6.07) is 5.78. The number of guanidine groups is 1. The third kappa shape index (κ3) is 6.60. The second-order valence-electron chi connectivity index (χ2n) is 8.41. The first-order chi connectivity index (χ1) is 14.4. The Hall–Kier alpha value is -1.80. The van der Waals surface area contributed by atoms with Crippen LogP contribution >= 0.6 is 0 Å². The van der Waals surface area contributed by atoms with E-state index >= 15 is 0 Å². The van der Waals surface area contributed by atoms with E-state index in [0.717, 1.165) is 62.8 Å². The van der Waals surface area contributed by atoms with Crippen molar-refractivity contribution in [3.8, 4) is 0 Å². The average molecular weight is 426 g/mol. The van der Waals surface area contributed by atoms with Crippen LogP contribution in [0.25, 0.3) is 0 Å². The van der Waals surface area contributed by atoms with Crippen LogP contribution in [0.5, 0.6) is 0 Å². The number of benzene rings is 1. The minimum atomic E-state index is -4.28. The third-order valence-corrected chi connectivity index (χ3v) is 6.13. The van der Waals surface area contributed by atoms with Gasteiger partial charge in [-0.2, -0.15) is 13.2 Å². The van der Waals surface area contributed by atoms with Crippen LogP contribution in [0.3, 0.4) is 0 Å². The fraction of sp³-hybridized carbons (Fsp3) is 0.682. The van der Waals surface area contributed by atoms with Crippen LogP contribution in [0.2, 0.25) is 0 Å². The van der Waals surface area contributed by atoms with Crippen LogP contribution in [0, 0.1) is 5.92 Å². The van der Waals surface area contributed by atoms with E-state index in [9.17, 15) is 13.2 Å². The van der Waals surface area contributed by atoms with Gasteiger partial charge in [0.2, 0.25) is 0 Å². The molecule has 0 spiro atoms. The first-order valence-electron chi connectivity index (χ1n) is 11.0. The van der Waals surface area contributed by atoms with Crippen LogP contribution in [0.4, 0.5) is 13.2 Å². The van der Waals surface area contributed by atoms with Crippen molar-refractivity contribution >= 4 is 5.96 Å². The highest BCUT2D eigenvalue weighted by atomic mass is 19.4. The highest BCUT2D eigenvalue weighted by Crippen LogP contribution is 2.29. The fourth-order valence-electron chi connectivity index (χ4n) is 4.39. The quantitative estimate of drug-likeness (QED) is 0.543. The van der Waals surface area contributed by atoms with Crippen LogP contribution in [0.15, 0.2) is 29.3 Å². The molecule has 168 valence electrons. The molecule has 5 nitrogen and oxygen atoms in total. The first-order valence-corrected chi connectivity index (χ1v) is 11.0. The van der Waals surface area contributed by atoms with Gasteiger partial charge in [-0.25, -0.2) is 0 Å². The van der Waals surface area contributed by atoms with E-state index in [1.807, 2.05) is 0 Å². The molecule has 1 aromatic carbocycles. The molecule has 0 radical (unpaired) electrons. The molecule has 2 unspecified atom stereocenters. The number of aliphatic imine (C=N–C) groups is 1. The number of hydrogen-bond acceptors (Lipinski definition) is 3. The molecule has 2 fully saturated rings. The maximum absolute atomic E-state index is 12.7. The zero-order valence-corrected chi connectivity index (χ0v) is 18.0. The van der Waals surface area contributed by atoms with Gasteiger partial charge in [-0.15, -0.1) is 0 Å². The molecule has 1 aromatic rings. The molecule has 8 heteroatoms. The highest BCUT2D eigenvalue weighted by molar-refractivity contribution is 5.80. The summed E-state index contributed by atoms with van der Waals surface area (Å²) in [5.41, 5.74) is 0.311. The molecule has 0 aliphatic carbocycles. The number of piperidine rings is 1. The minimum Gasteiger partial charge on any atom is -0.356 e. The Kier molecular flexibility index (Phi) is 7.99. The van der Waals surface area contributed by atoms with E-state index in [-0.39, 0.29) is 0 Å². The van der Waals surface area contributed by atoms with E-state index in [1.165, 1.54) is 19.4 Å². The Morgan fingerprint density at radius 3 is 2.53 bits per heavy atom. The highest BCUT2D eigenvalue weighted by Gasteiger charge is 2.30. The normalized spacial score (nSPS) is 24.2. The molecule has 2 aliphatic heterocycles. The standard InChI is InChI=1S/C22H34F3N5/c1-3-29-11-4-5-18(15-29)13-27-21(26-2)28-20-10-12-30(16-20)14-17-6-8-19(9-7-17)22(23,24)25/h6-9,18,20H,3-5,10-16H2,1-2H3,(H2,26,27,28). The SMILES string of the molecule is CCN1CCCC(CNC(=NC)NC2CCN(Cc3ccc(C(F)(F)F)cc3)C2)C1. The molecular weight excluding hydrogens is 391 g/mol. The molecular formula is C22H34F3N5. The number of rotatable bonds is 6. The summed E-state index contributed by atoms with van der Waals surface area (Å²) < 4.78 is 38.1. The van der Waals surface area contributed by atoms with Crippen LogP contribution in [-0.4, -0.2) is 68.1 Å². The summed E-state index contributed by atoms with van der Waals surface area (Å²) in [4.78, 5) is 9.15. The van der Waals surface area contributed by atoms with Crippen molar-refractivity contribution in [1.29, 1.82) is 0 Å². The first kappa shape index (κ1) is 22.9. The number of nitrogens with zero attached hydrogens (tertiary/aromatic N) is 3. The third-order valence-electron chi connectivity index (χ3n) is 6.13. The van der Waals surface area contributed by atoms with Crippen LogP contribution in [0.1, 0.15) is 37.3 Å². The Bertz CT molecular complexity index is 689. The van der Waals surface area contributed by atoms with Gasteiger partial charge in [0.1, 0.15) is 0 Å². The second kappa shape index (κ2) is 10.5. The van der Waals surface area contributed by atoms with E-state index in [4.69, 9.17) is 0 Å². The zero-order chi connectivity index (χ0) is 21.6. The summed E-state index contributed by atoms with van der Waals surface area (Å²) in [5, 5.41) is 6.99. The maximum Gasteiger partial charge on any atom is 0.416 e. The van der Waals surface area contributed by atoms with Crippen molar-refractivity contribution in [2.24, 2.45) is 10.9 Å². The van der Waals surface area contributed by atoms with Crippen LogP contribution in [-0.2, 0) is 12.7 Å². The van der Waals surface area contributed by atoms with Crippen molar-refractivity contribution in [2.45, 2.75) is 44.9 Å². The van der Waals surface area contributed by atoms with Crippen molar-refractivity contribution in [3.05, 3.63) is 35.4 Å². The molecule has 2 N–H and O–H groups in total. The Morgan fingerprint density at radius 2 is 1.87 bits per heavy atom. The number of likely N-dealkylation sites (tertiary alicyclic amines) is 2. The van der Waals surface area contributed by atoms with Gasteiger partial charge in [-0.3, -0.25) is 9.89 Å². The zero-order valence-electron chi connectivity index (χ0n) is 18.0. The maximum atomic E-state index is 12.7. The van der Waals surface area contributed by atoms with Gasteiger partial charge < -0.3 is 15.5 Å². The number of halogens is 3. The molecule has 30 heavy (non-hydrogen) atoms. The lowest BCUT2D eigenvalue weighted by molar-refractivity contribution is -0.137. The fourth-order valence-corrected chi connectivity index (χ4v) is 4.39.